The summed E-state index contributed by atoms with van der Waals surface area (Å²) in [6, 6.07) is 19.6. The average molecular weight is 503 g/mol. The maximum atomic E-state index is 13.6. The molecule has 0 bridgehead atoms. The fourth-order valence-corrected chi connectivity index (χ4v) is 5.12. The van der Waals surface area contributed by atoms with Crippen molar-refractivity contribution < 1.29 is 22.7 Å². The highest BCUT2D eigenvalue weighted by atomic mass is 35.5. The number of methoxy groups -OCH3 is 2. The number of hydrogen-bond acceptors (Lipinski definition) is 5. The van der Waals surface area contributed by atoms with E-state index < -0.39 is 22.5 Å². The smallest absolute Gasteiger partial charge is 0.264 e. The van der Waals surface area contributed by atoms with Crippen molar-refractivity contribution >= 4 is 33.2 Å². The molecule has 34 heavy (non-hydrogen) atoms. The standard InChI is InChI=1S/C25H27ClN2O5S/c1-4-22(18-10-13-20(32-2)14-11-18)27-25(29)17-28(23-16-19(26)12-15-24(23)33-3)34(30,31)21-8-6-5-7-9-21/h5-16,22H,4,17H2,1-3H3,(H,27,29)/t22-/m1/s1. The normalized spacial score (nSPS) is 12.0. The van der Waals surface area contributed by atoms with E-state index in [1.807, 2.05) is 31.2 Å². The topological polar surface area (TPSA) is 84.9 Å². The number of amides is 1. The molecule has 0 aliphatic carbocycles. The molecule has 1 N–H and O–H groups in total. The Balaban J connectivity index is 1.95. The van der Waals surface area contributed by atoms with Crippen molar-refractivity contribution in [1.82, 2.24) is 5.32 Å². The van der Waals surface area contributed by atoms with E-state index in [1.165, 1.54) is 25.3 Å². The first-order valence-electron chi connectivity index (χ1n) is 10.6. The SMILES string of the molecule is CC[C@@H](NC(=O)CN(c1cc(Cl)ccc1OC)S(=O)(=O)c1ccccc1)c1ccc(OC)cc1. The summed E-state index contributed by atoms with van der Waals surface area (Å²) in [6.45, 7) is 1.48. The van der Waals surface area contributed by atoms with Gasteiger partial charge < -0.3 is 14.8 Å². The molecule has 1 atom stereocenters. The third-order valence-electron chi connectivity index (χ3n) is 5.29. The van der Waals surface area contributed by atoms with Crippen molar-refractivity contribution in [3.05, 3.63) is 83.4 Å². The van der Waals surface area contributed by atoms with Crippen molar-refractivity contribution in [2.75, 3.05) is 25.1 Å². The molecule has 0 unspecified atom stereocenters. The van der Waals surface area contributed by atoms with Gasteiger partial charge in [0.2, 0.25) is 5.91 Å². The van der Waals surface area contributed by atoms with Crippen LogP contribution in [-0.4, -0.2) is 35.1 Å². The molecule has 0 radical (unpaired) electrons. The number of halogens is 1. The zero-order chi connectivity index (χ0) is 24.7. The Morgan fingerprint density at radius 3 is 2.26 bits per heavy atom. The van der Waals surface area contributed by atoms with Gasteiger partial charge in [0.1, 0.15) is 18.0 Å². The molecule has 0 fully saturated rings. The van der Waals surface area contributed by atoms with Crippen LogP contribution in [0.2, 0.25) is 5.02 Å². The van der Waals surface area contributed by atoms with Crippen LogP contribution in [0.5, 0.6) is 11.5 Å². The molecular formula is C25H27ClN2O5S. The van der Waals surface area contributed by atoms with Crippen LogP contribution in [0.4, 0.5) is 5.69 Å². The van der Waals surface area contributed by atoms with E-state index in [-0.39, 0.29) is 22.4 Å². The summed E-state index contributed by atoms with van der Waals surface area (Å²) < 4.78 is 38.7. The molecule has 0 saturated carbocycles. The predicted molar refractivity (Wildman–Crippen MR) is 133 cm³/mol. The van der Waals surface area contributed by atoms with E-state index in [9.17, 15) is 13.2 Å². The minimum absolute atomic E-state index is 0.0482. The molecule has 3 rings (SSSR count). The summed E-state index contributed by atoms with van der Waals surface area (Å²) in [6.07, 6.45) is 0.615. The van der Waals surface area contributed by atoms with Crippen LogP contribution in [0.15, 0.2) is 77.7 Å². The lowest BCUT2D eigenvalue weighted by Gasteiger charge is -2.27. The van der Waals surface area contributed by atoms with E-state index in [0.717, 1.165) is 9.87 Å². The molecule has 0 heterocycles. The number of rotatable bonds is 10. The second-order valence-corrected chi connectivity index (χ2v) is 9.74. The predicted octanol–water partition coefficient (Wildman–Crippen LogP) is 4.82. The van der Waals surface area contributed by atoms with Crippen LogP contribution in [0.1, 0.15) is 24.9 Å². The van der Waals surface area contributed by atoms with Gasteiger partial charge in [-0.05, 0) is 54.4 Å². The van der Waals surface area contributed by atoms with Crippen molar-refractivity contribution in [3.63, 3.8) is 0 Å². The number of carbonyl (C=O) groups is 1. The van der Waals surface area contributed by atoms with Gasteiger partial charge >= 0.3 is 0 Å². The molecular weight excluding hydrogens is 476 g/mol. The van der Waals surface area contributed by atoms with E-state index in [1.54, 1.807) is 37.4 Å². The second kappa shape index (κ2) is 11.3. The summed E-state index contributed by atoms with van der Waals surface area (Å²) >= 11 is 6.17. The lowest BCUT2D eigenvalue weighted by Crippen LogP contribution is -2.42. The molecule has 7 nitrogen and oxygen atoms in total. The molecule has 0 saturated heterocycles. The Morgan fingerprint density at radius 2 is 1.68 bits per heavy atom. The van der Waals surface area contributed by atoms with Gasteiger partial charge in [0.15, 0.2) is 0 Å². The first-order chi connectivity index (χ1) is 16.3. The molecule has 1 amide bonds. The minimum Gasteiger partial charge on any atom is -0.497 e. The number of nitrogens with one attached hydrogen (secondary N) is 1. The van der Waals surface area contributed by atoms with Gasteiger partial charge in [-0.3, -0.25) is 9.10 Å². The molecule has 180 valence electrons. The zero-order valence-corrected chi connectivity index (χ0v) is 20.8. The number of sulfonamides is 1. The van der Waals surface area contributed by atoms with E-state index >= 15 is 0 Å². The molecule has 9 heteroatoms. The quantitative estimate of drug-likeness (QED) is 0.429. The van der Waals surface area contributed by atoms with Crippen LogP contribution < -0.4 is 19.1 Å². The first-order valence-corrected chi connectivity index (χ1v) is 12.5. The van der Waals surface area contributed by atoms with Gasteiger partial charge in [0.25, 0.3) is 10.0 Å². The Labute approximate surface area is 205 Å². The van der Waals surface area contributed by atoms with Crippen molar-refractivity contribution in [1.29, 1.82) is 0 Å². The summed E-state index contributed by atoms with van der Waals surface area (Å²) in [5, 5.41) is 3.25. The third kappa shape index (κ3) is 5.81. The van der Waals surface area contributed by atoms with E-state index in [2.05, 4.69) is 5.32 Å². The van der Waals surface area contributed by atoms with Crippen LogP contribution in [-0.2, 0) is 14.8 Å². The average Bonchev–Trinajstić information content (AvgIpc) is 2.86. The minimum atomic E-state index is -4.10. The summed E-state index contributed by atoms with van der Waals surface area (Å²) in [5.41, 5.74) is 1.06. The maximum Gasteiger partial charge on any atom is 0.264 e. The molecule has 3 aromatic rings. The maximum absolute atomic E-state index is 13.6. The number of ether oxygens (including phenoxy) is 2. The van der Waals surface area contributed by atoms with Crippen LogP contribution in [0, 0.1) is 0 Å². The Hall–Kier alpha value is -3.23. The highest BCUT2D eigenvalue weighted by molar-refractivity contribution is 7.92. The van der Waals surface area contributed by atoms with Gasteiger partial charge in [0.05, 0.1) is 30.8 Å². The number of anilines is 1. The zero-order valence-electron chi connectivity index (χ0n) is 19.2. The van der Waals surface area contributed by atoms with Gasteiger partial charge in [-0.15, -0.1) is 0 Å². The van der Waals surface area contributed by atoms with Crippen LogP contribution in [0.3, 0.4) is 0 Å². The van der Waals surface area contributed by atoms with E-state index in [0.29, 0.717) is 17.2 Å². The van der Waals surface area contributed by atoms with E-state index in [4.69, 9.17) is 21.1 Å². The Bertz CT molecular complexity index is 1220. The van der Waals surface area contributed by atoms with Crippen molar-refractivity contribution in [2.24, 2.45) is 0 Å². The first kappa shape index (κ1) is 25.4. The summed E-state index contributed by atoms with van der Waals surface area (Å²) in [7, 11) is -1.09. The monoisotopic (exact) mass is 502 g/mol. The van der Waals surface area contributed by atoms with Gasteiger partial charge in [-0.25, -0.2) is 8.42 Å². The highest BCUT2D eigenvalue weighted by Crippen LogP contribution is 2.35. The number of nitrogens with zero attached hydrogens (tertiary/aromatic N) is 1. The number of benzene rings is 3. The lowest BCUT2D eigenvalue weighted by molar-refractivity contribution is -0.120. The summed E-state index contributed by atoms with van der Waals surface area (Å²) in [5.74, 6) is 0.515. The third-order valence-corrected chi connectivity index (χ3v) is 7.30. The van der Waals surface area contributed by atoms with Gasteiger partial charge in [-0.1, -0.05) is 48.9 Å². The fraction of sp³-hybridized carbons (Fsp3) is 0.240. The molecule has 0 aliphatic heterocycles. The largest absolute Gasteiger partial charge is 0.497 e. The molecule has 0 spiro atoms. The number of hydrogen-bond donors (Lipinski definition) is 1. The van der Waals surface area contributed by atoms with Gasteiger partial charge in [-0.2, -0.15) is 0 Å². The van der Waals surface area contributed by atoms with Crippen LogP contribution in [0.25, 0.3) is 0 Å². The molecule has 0 aliphatic rings. The van der Waals surface area contributed by atoms with Crippen molar-refractivity contribution in [3.8, 4) is 11.5 Å². The Morgan fingerprint density at radius 1 is 1.00 bits per heavy atom. The fourth-order valence-electron chi connectivity index (χ4n) is 3.51. The lowest BCUT2D eigenvalue weighted by atomic mass is 10.0. The van der Waals surface area contributed by atoms with Crippen molar-refractivity contribution in [2.45, 2.75) is 24.3 Å². The highest BCUT2D eigenvalue weighted by Gasteiger charge is 2.30. The summed E-state index contributed by atoms with van der Waals surface area (Å²) in [4.78, 5) is 13.2. The second-order valence-electron chi connectivity index (χ2n) is 7.44. The molecule has 0 aromatic heterocycles. The Kier molecular flexibility index (Phi) is 8.41. The van der Waals surface area contributed by atoms with Crippen LogP contribution >= 0.6 is 11.6 Å². The molecule has 3 aromatic carbocycles. The number of carbonyl (C=O) groups excluding carboxylic acids is 1. The van der Waals surface area contributed by atoms with Gasteiger partial charge in [0, 0.05) is 5.02 Å².